The minimum Gasteiger partial charge on any atom is -0.354 e. The molecular formula is C30H35Cl2N3O4S. The van der Waals surface area contributed by atoms with Crippen LogP contribution < -0.4 is 9.62 Å². The lowest BCUT2D eigenvalue weighted by Gasteiger charge is -2.32. The van der Waals surface area contributed by atoms with Crippen LogP contribution in [0.4, 0.5) is 5.69 Å². The van der Waals surface area contributed by atoms with E-state index >= 15 is 0 Å². The van der Waals surface area contributed by atoms with Gasteiger partial charge in [0.15, 0.2) is 0 Å². The molecule has 2 amide bonds. The lowest BCUT2D eigenvalue weighted by molar-refractivity contribution is -0.139. The second kappa shape index (κ2) is 13.5. The molecule has 0 saturated heterocycles. The number of hydrogen-bond acceptors (Lipinski definition) is 4. The van der Waals surface area contributed by atoms with Crippen LogP contribution in [0.3, 0.4) is 0 Å². The topological polar surface area (TPSA) is 86.8 Å². The molecule has 0 bridgehead atoms. The van der Waals surface area contributed by atoms with Gasteiger partial charge in [-0.1, -0.05) is 73.4 Å². The van der Waals surface area contributed by atoms with Crippen LogP contribution in [0, 0.1) is 19.8 Å². The summed E-state index contributed by atoms with van der Waals surface area (Å²) in [5.74, 6) is -0.670. The number of benzene rings is 3. The molecule has 0 unspecified atom stereocenters. The van der Waals surface area contributed by atoms with Gasteiger partial charge >= 0.3 is 0 Å². The summed E-state index contributed by atoms with van der Waals surface area (Å²) in [6.07, 6.45) is 0. The normalized spacial score (nSPS) is 12.2. The minimum absolute atomic E-state index is 0.0258. The predicted molar refractivity (Wildman–Crippen MR) is 161 cm³/mol. The third kappa shape index (κ3) is 7.56. The molecule has 214 valence electrons. The number of nitrogens with one attached hydrogen (secondary N) is 1. The highest BCUT2D eigenvalue weighted by atomic mass is 35.5. The molecule has 0 spiro atoms. The summed E-state index contributed by atoms with van der Waals surface area (Å²) in [5, 5.41) is 3.54. The van der Waals surface area contributed by atoms with Crippen molar-refractivity contribution in [2.24, 2.45) is 5.92 Å². The summed E-state index contributed by atoms with van der Waals surface area (Å²) in [6.45, 7) is 9.22. The number of halogens is 2. The molecule has 10 heteroatoms. The first-order valence-corrected chi connectivity index (χ1v) is 15.2. The van der Waals surface area contributed by atoms with Gasteiger partial charge < -0.3 is 10.2 Å². The Morgan fingerprint density at radius 1 is 0.900 bits per heavy atom. The molecule has 1 N–H and O–H groups in total. The molecule has 0 fully saturated rings. The quantitative estimate of drug-likeness (QED) is 0.291. The maximum absolute atomic E-state index is 14.0. The van der Waals surface area contributed by atoms with Gasteiger partial charge in [-0.05, 0) is 73.7 Å². The molecule has 0 aliphatic carbocycles. The van der Waals surface area contributed by atoms with Gasteiger partial charge in [0.2, 0.25) is 11.8 Å². The molecule has 40 heavy (non-hydrogen) atoms. The Labute approximate surface area is 247 Å². The van der Waals surface area contributed by atoms with Gasteiger partial charge in [-0.15, -0.1) is 0 Å². The molecule has 7 nitrogen and oxygen atoms in total. The van der Waals surface area contributed by atoms with Crippen LogP contribution in [-0.4, -0.2) is 44.3 Å². The Balaban J connectivity index is 2.06. The first-order chi connectivity index (χ1) is 18.8. The zero-order chi connectivity index (χ0) is 29.6. The molecular weight excluding hydrogens is 569 g/mol. The number of anilines is 1. The molecule has 1 atom stereocenters. The Kier molecular flexibility index (Phi) is 10.6. The average Bonchev–Trinajstić information content (AvgIpc) is 2.92. The monoisotopic (exact) mass is 603 g/mol. The Morgan fingerprint density at radius 2 is 1.57 bits per heavy atom. The average molecular weight is 605 g/mol. The fraction of sp³-hybridized carbons (Fsp3) is 0.333. The minimum atomic E-state index is -4.13. The summed E-state index contributed by atoms with van der Waals surface area (Å²) < 4.78 is 29.0. The van der Waals surface area contributed by atoms with E-state index in [1.165, 1.54) is 17.0 Å². The molecule has 3 aromatic carbocycles. The molecule has 0 aliphatic rings. The fourth-order valence-corrected chi connectivity index (χ4v) is 5.92. The van der Waals surface area contributed by atoms with Gasteiger partial charge in [0.05, 0.1) is 20.6 Å². The maximum Gasteiger partial charge on any atom is 0.264 e. The van der Waals surface area contributed by atoms with Crippen molar-refractivity contribution in [1.82, 2.24) is 10.2 Å². The maximum atomic E-state index is 14.0. The highest BCUT2D eigenvalue weighted by Gasteiger charge is 2.33. The standard InChI is InChI=1S/C30H35Cl2N3O4S/c1-20(2)17-33-30(37)23(5)34(18-24-14-15-26(31)27(32)16-24)29(36)19-35(28-13-9-10-21(3)22(28)4)40(38,39)25-11-7-6-8-12-25/h6-16,20,23H,17-19H2,1-5H3,(H,33,37)/t23-/m0/s1. The molecule has 3 rings (SSSR count). The number of carbonyl (C=O) groups excluding carboxylic acids is 2. The van der Waals surface area contributed by atoms with E-state index in [1.54, 1.807) is 55.5 Å². The third-order valence-corrected chi connectivity index (χ3v) is 9.16. The number of hydrogen-bond donors (Lipinski definition) is 1. The number of rotatable bonds is 11. The Hall–Kier alpha value is -3.07. The van der Waals surface area contributed by atoms with Crippen LogP contribution in [-0.2, 0) is 26.2 Å². The fourth-order valence-electron chi connectivity index (χ4n) is 4.11. The number of amides is 2. The van der Waals surface area contributed by atoms with Gasteiger partial charge in [-0.2, -0.15) is 0 Å². The van der Waals surface area contributed by atoms with E-state index in [-0.39, 0.29) is 23.3 Å². The number of carbonyl (C=O) groups is 2. The molecule has 0 heterocycles. The van der Waals surface area contributed by atoms with Crippen molar-refractivity contribution in [3.63, 3.8) is 0 Å². The van der Waals surface area contributed by atoms with Crippen LogP contribution in [0.1, 0.15) is 37.5 Å². The van der Waals surface area contributed by atoms with Crippen molar-refractivity contribution < 1.29 is 18.0 Å². The first kappa shape index (κ1) is 31.5. The Bertz CT molecular complexity index is 1460. The van der Waals surface area contributed by atoms with E-state index < -0.39 is 28.5 Å². The van der Waals surface area contributed by atoms with Crippen LogP contribution >= 0.6 is 23.2 Å². The van der Waals surface area contributed by atoms with Gasteiger partial charge in [-0.25, -0.2) is 8.42 Å². The smallest absolute Gasteiger partial charge is 0.264 e. The predicted octanol–water partition coefficient (Wildman–Crippen LogP) is 6.00. The van der Waals surface area contributed by atoms with Crippen LogP contribution in [0.15, 0.2) is 71.6 Å². The first-order valence-electron chi connectivity index (χ1n) is 13.0. The summed E-state index contributed by atoms with van der Waals surface area (Å²) in [7, 11) is -4.13. The SMILES string of the molecule is Cc1cccc(N(CC(=O)N(Cc2ccc(Cl)c(Cl)c2)[C@@H](C)C(=O)NCC(C)C)S(=O)(=O)c2ccccc2)c1C. The van der Waals surface area contributed by atoms with E-state index in [0.717, 1.165) is 15.4 Å². The summed E-state index contributed by atoms with van der Waals surface area (Å²) in [6, 6.07) is 17.4. The van der Waals surface area contributed by atoms with Crippen LogP contribution in [0.5, 0.6) is 0 Å². The molecule has 0 radical (unpaired) electrons. The van der Waals surface area contributed by atoms with Crippen molar-refractivity contribution in [3.05, 3.63) is 93.5 Å². The highest BCUT2D eigenvalue weighted by molar-refractivity contribution is 7.92. The molecule has 0 aliphatic heterocycles. The van der Waals surface area contributed by atoms with E-state index in [4.69, 9.17) is 23.2 Å². The van der Waals surface area contributed by atoms with Crippen molar-refractivity contribution in [2.45, 2.75) is 52.1 Å². The van der Waals surface area contributed by atoms with Gasteiger partial charge in [-0.3, -0.25) is 13.9 Å². The van der Waals surface area contributed by atoms with E-state index in [0.29, 0.717) is 27.8 Å². The van der Waals surface area contributed by atoms with Crippen molar-refractivity contribution in [1.29, 1.82) is 0 Å². The molecule has 0 aromatic heterocycles. The van der Waals surface area contributed by atoms with Gasteiger partial charge in [0.25, 0.3) is 10.0 Å². The summed E-state index contributed by atoms with van der Waals surface area (Å²) >= 11 is 12.3. The number of aryl methyl sites for hydroxylation is 1. The van der Waals surface area contributed by atoms with E-state index in [2.05, 4.69) is 5.32 Å². The zero-order valence-corrected chi connectivity index (χ0v) is 25.6. The van der Waals surface area contributed by atoms with Crippen molar-refractivity contribution >= 4 is 50.7 Å². The van der Waals surface area contributed by atoms with Crippen molar-refractivity contribution in [2.75, 3.05) is 17.4 Å². The highest BCUT2D eigenvalue weighted by Crippen LogP contribution is 2.29. The lowest BCUT2D eigenvalue weighted by Crippen LogP contribution is -2.51. The van der Waals surface area contributed by atoms with Gasteiger partial charge in [0, 0.05) is 13.1 Å². The Morgan fingerprint density at radius 3 is 2.20 bits per heavy atom. The second-order valence-electron chi connectivity index (χ2n) is 10.1. The van der Waals surface area contributed by atoms with E-state index in [1.807, 2.05) is 33.8 Å². The van der Waals surface area contributed by atoms with Gasteiger partial charge in [0.1, 0.15) is 12.6 Å². The lowest BCUT2D eigenvalue weighted by atomic mass is 10.1. The summed E-state index contributed by atoms with van der Waals surface area (Å²) in [5.41, 5.74) is 2.65. The number of sulfonamides is 1. The largest absolute Gasteiger partial charge is 0.354 e. The molecule has 3 aromatic rings. The number of nitrogens with zero attached hydrogens (tertiary/aromatic N) is 2. The zero-order valence-electron chi connectivity index (χ0n) is 23.3. The van der Waals surface area contributed by atoms with Crippen LogP contribution in [0.2, 0.25) is 10.0 Å². The van der Waals surface area contributed by atoms with Crippen LogP contribution in [0.25, 0.3) is 0 Å². The molecule has 0 saturated carbocycles. The van der Waals surface area contributed by atoms with E-state index in [9.17, 15) is 18.0 Å². The third-order valence-electron chi connectivity index (χ3n) is 6.64. The summed E-state index contributed by atoms with van der Waals surface area (Å²) in [4.78, 5) is 28.5. The second-order valence-corrected chi connectivity index (χ2v) is 12.8. The van der Waals surface area contributed by atoms with Crippen molar-refractivity contribution in [3.8, 4) is 0 Å².